The summed E-state index contributed by atoms with van der Waals surface area (Å²) in [5.74, 6) is 0.931. The molecular formula is C11H13BrO2. The van der Waals surface area contributed by atoms with Gasteiger partial charge in [-0.05, 0) is 30.2 Å². The predicted molar refractivity (Wildman–Crippen MR) is 59.0 cm³/mol. The number of aryl methyl sites for hydroxylation is 1. The topological polar surface area (TPSA) is 21.8 Å². The second kappa shape index (κ2) is 4.32. The predicted octanol–water partition coefficient (Wildman–Crippen LogP) is 2.67. The maximum Gasteiger partial charge on any atom is 0.119 e. The van der Waals surface area contributed by atoms with E-state index < -0.39 is 0 Å². The van der Waals surface area contributed by atoms with Gasteiger partial charge in [0.2, 0.25) is 0 Å². The summed E-state index contributed by atoms with van der Waals surface area (Å²) in [5, 5.41) is 0.871. The van der Waals surface area contributed by atoms with Crippen molar-refractivity contribution >= 4 is 15.9 Å². The van der Waals surface area contributed by atoms with E-state index in [4.69, 9.17) is 9.47 Å². The van der Waals surface area contributed by atoms with Crippen molar-refractivity contribution in [2.45, 2.75) is 18.4 Å². The van der Waals surface area contributed by atoms with Gasteiger partial charge in [-0.1, -0.05) is 22.0 Å². The number of rotatable bonds is 4. The first-order chi connectivity index (χ1) is 6.79. The Morgan fingerprint density at radius 2 is 2.36 bits per heavy atom. The minimum absolute atomic E-state index is 0.323. The molecule has 0 aromatic heterocycles. The molecule has 1 saturated heterocycles. The molecule has 1 fully saturated rings. The van der Waals surface area contributed by atoms with Crippen molar-refractivity contribution in [3.8, 4) is 5.75 Å². The van der Waals surface area contributed by atoms with Crippen molar-refractivity contribution in [3.05, 3.63) is 29.3 Å². The van der Waals surface area contributed by atoms with Gasteiger partial charge in [0.05, 0.1) is 6.61 Å². The summed E-state index contributed by atoms with van der Waals surface area (Å²) in [6.07, 6.45) is 0.323. The molecule has 1 aliphatic rings. The molecule has 0 spiro atoms. The number of hydrogen-bond acceptors (Lipinski definition) is 2. The molecule has 14 heavy (non-hydrogen) atoms. The zero-order chi connectivity index (χ0) is 9.97. The van der Waals surface area contributed by atoms with E-state index in [0.717, 1.165) is 17.7 Å². The van der Waals surface area contributed by atoms with Gasteiger partial charge in [-0.25, -0.2) is 0 Å². The summed E-state index contributed by atoms with van der Waals surface area (Å²) in [6.45, 7) is 3.62. The molecular weight excluding hydrogens is 244 g/mol. The standard InChI is InChI=1S/C11H13BrO2/c1-8-2-3-10(4-9(8)5-12)13-6-11-7-14-11/h2-4,11H,5-7H2,1H3. The van der Waals surface area contributed by atoms with Gasteiger partial charge in [-0.2, -0.15) is 0 Å². The summed E-state index contributed by atoms with van der Waals surface area (Å²) in [4.78, 5) is 0. The minimum atomic E-state index is 0.323. The van der Waals surface area contributed by atoms with E-state index in [9.17, 15) is 0 Å². The van der Waals surface area contributed by atoms with Crippen LogP contribution in [0.3, 0.4) is 0 Å². The molecule has 1 atom stereocenters. The lowest BCUT2D eigenvalue weighted by molar-refractivity contribution is 0.263. The van der Waals surface area contributed by atoms with E-state index in [1.54, 1.807) is 0 Å². The minimum Gasteiger partial charge on any atom is -0.491 e. The van der Waals surface area contributed by atoms with Crippen LogP contribution in [0.15, 0.2) is 18.2 Å². The maximum absolute atomic E-state index is 5.58. The van der Waals surface area contributed by atoms with Gasteiger partial charge in [0.15, 0.2) is 0 Å². The van der Waals surface area contributed by atoms with E-state index in [0.29, 0.717) is 12.7 Å². The summed E-state index contributed by atoms with van der Waals surface area (Å²) in [5.41, 5.74) is 2.57. The van der Waals surface area contributed by atoms with Crippen LogP contribution in [0.2, 0.25) is 0 Å². The van der Waals surface area contributed by atoms with Gasteiger partial charge in [-0.15, -0.1) is 0 Å². The average molecular weight is 257 g/mol. The van der Waals surface area contributed by atoms with Crippen molar-refractivity contribution in [2.24, 2.45) is 0 Å². The number of epoxide rings is 1. The lowest BCUT2D eigenvalue weighted by Gasteiger charge is -2.07. The lowest BCUT2D eigenvalue weighted by Crippen LogP contribution is -2.04. The quantitative estimate of drug-likeness (QED) is 0.611. The van der Waals surface area contributed by atoms with E-state index in [2.05, 4.69) is 35.0 Å². The van der Waals surface area contributed by atoms with Gasteiger partial charge in [0.25, 0.3) is 0 Å². The highest BCUT2D eigenvalue weighted by Gasteiger charge is 2.23. The summed E-state index contributed by atoms with van der Waals surface area (Å²) < 4.78 is 10.7. The Bertz CT molecular complexity index is 321. The lowest BCUT2D eigenvalue weighted by atomic mass is 10.1. The first kappa shape index (κ1) is 9.99. The van der Waals surface area contributed by atoms with Crippen molar-refractivity contribution in [1.29, 1.82) is 0 Å². The van der Waals surface area contributed by atoms with Crippen LogP contribution in [-0.4, -0.2) is 19.3 Å². The van der Waals surface area contributed by atoms with Crippen molar-refractivity contribution in [1.82, 2.24) is 0 Å². The smallest absolute Gasteiger partial charge is 0.119 e. The Morgan fingerprint density at radius 3 is 3.00 bits per heavy atom. The highest BCUT2D eigenvalue weighted by molar-refractivity contribution is 9.08. The summed E-state index contributed by atoms with van der Waals surface area (Å²) in [6, 6.07) is 6.16. The number of benzene rings is 1. The zero-order valence-corrected chi connectivity index (χ0v) is 9.71. The van der Waals surface area contributed by atoms with Crippen LogP contribution in [-0.2, 0) is 10.1 Å². The molecule has 1 heterocycles. The number of alkyl halides is 1. The van der Waals surface area contributed by atoms with Crippen LogP contribution in [0.4, 0.5) is 0 Å². The molecule has 0 saturated carbocycles. The maximum atomic E-state index is 5.58. The van der Waals surface area contributed by atoms with Crippen LogP contribution < -0.4 is 4.74 Å². The second-order valence-electron chi connectivity index (χ2n) is 3.49. The highest BCUT2D eigenvalue weighted by Crippen LogP contribution is 2.20. The molecule has 1 aliphatic heterocycles. The van der Waals surface area contributed by atoms with Crippen LogP contribution in [0, 0.1) is 6.92 Å². The highest BCUT2D eigenvalue weighted by atomic mass is 79.9. The van der Waals surface area contributed by atoms with Crippen LogP contribution in [0.1, 0.15) is 11.1 Å². The zero-order valence-electron chi connectivity index (χ0n) is 8.13. The molecule has 0 N–H and O–H groups in total. The third kappa shape index (κ3) is 2.49. The molecule has 76 valence electrons. The molecule has 3 heteroatoms. The monoisotopic (exact) mass is 256 g/mol. The van der Waals surface area contributed by atoms with Crippen LogP contribution in [0.25, 0.3) is 0 Å². The molecule has 1 aromatic rings. The molecule has 1 aromatic carbocycles. The number of ether oxygens (including phenoxy) is 2. The van der Waals surface area contributed by atoms with E-state index in [1.165, 1.54) is 11.1 Å². The van der Waals surface area contributed by atoms with Gasteiger partial charge in [-0.3, -0.25) is 0 Å². The van der Waals surface area contributed by atoms with Crippen molar-refractivity contribution < 1.29 is 9.47 Å². The molecule has 0 aliphatic carbocycles. The Balaban J connectivity index is 2.01. The summed E-state index contributed by atoms with van der Waals surface area (Å²) in [7, 11) is 0. The van der Waals surface area contributed by atoms with Crippen molar-refractivity contribution in [2.75, 3.05) is 13.2 Å². The largest absolute Gasteiger partial charge is 0.491 e. The van der Waals surface area contributed by atoms with Gasteiger partial charge in [0.1, 0.15) is 18.5 Å². The fraction of sp³-hybridized carbons (Fsp3) is 0.455. The molecule has 0 bridgehead atoms. The second-order valence-corrected chi connectivity index (χ2v) is 4.05. The van der Waals surface area contributed by atoms with Crippen LogP contribution >= 0.6 is 15.9 Å². The van der Waals surface area contributed by atoms with Gasteiger partial charge in [0, 0.05) is 5.33 Å². The van der Waals surface area contributed by atoms with Crippen LogP contribution in [0.5, 0.6) is 5.75 Å². The average Bonchev–Trinajstić information content (AvgIpc) is 3.00. The molecule has 0 amide bonds. The first-order valence-electron chi connectivity index (χ1n) is 4.69. The first-order valence-corrected chi connectivity index (χ1v) is 5.81. The fourth-order valence-electron chi connectivity index (χ4n) is 1.24. The molecule has 2 nitrogen and oxygen atoms in total. The number of hydrogen-bond donors (Lipinski definition) is 0. The SMILES string of the molecule is Cc1ccc(OCC2CO2)cc1CBr. The molecule has 1 unspecified atom stereocenters. The van der Waals surface area contributed by atoms with Gasteiger partial charge >= 0.3 is 0 Å². The Hall–Kier alpha value is -0.540. The van der Waals surface area contributed by atoms with E-state index in [1.807, 2.05) is 6.07 Å². The third-order valence-electron chi connectivity index (χ3n) is 2.30. The summed E-state index contributed by atoms with van der Waals surface area (Å²) >= 11 is 3.45. The normalized spacial score (nSPS) is 19.4. The van der Waals surface area contributed by atoms with E-state index >= 15 is 0 Å². The van der Waals surface area contributed by atoms with E-state index in [-0.39, 0.29) is 0 Å². The van der Waals surface area contributed by atoms with Gasteiger partial charge < -0.3 is 9.47 Å². The number of halogens is 1. The third-order valence-corrected chi connectivity index (χ3v) is 2.91. The van der Waals surface area contributed by atoms with Crippen molar-refractivity contribution in [3.63, 3.8) is 0 Å². The fourth-order valence-corrected chi connectivity index (χ4v) is 1.84. The Morgan fingerprint density at radius 1 is 1.57 bits per heavy atom. The Labute approximate surface area is 92.3 Å². The molecule has 0 radical (unpaired) electrons. The molecule has 2 rings (SSSR count). The Kier molecular flexibility index (Phi) is 3.08.